The van der Waals surface area contributed by atoms with Gasteiger partial charge in [0.2, 0.25) is 0 Å². The van der Waals surface area contributed by atoms with E-state index in [1.54, 1.807) is 0 Å². The predicted octanol–water partition coefficient (Wildman–Crippen LogP) is 2.39. The van der Waals surface area contributed by atoms with E-state index in [0.29, 0.717) is 18.8 Å². The van der Waals surface area contributed by atoms with Gasteiger partial charge in [-0.15, -0.1) is 0 Å². The van der Waals surface area contributed by atoms with Gasteiger partial charge in [0.1, 0.15) is 11.5 Å². The fourth-order valence-electron chi connectivity index (χ4n) is 1.57. The fourth-order valence-corrected chi connectivity index (χ4v) is 1.75. The van der Waals surface area contributed by atoms with Crippen molar-refractivity contribution >= 4 is 17.5 Å². The zero-order valence-electron chi connectivity index (χ0n) is 12.4. The Kier molecular flexibility index (Phi) is 6.36. The van der Waals surface area contributed by atoms with E-state index < -0.39 is 6.10 Å². The first-order valence-corrected chi connectivity index (χ1v) is 7.19. The second-order valence-electron chi connectivity index (χ2n) is 5.44. The quantitative estimate of drug-likeness (QED) is 0.846. The summed E-state index contributed by atoms with van der Waals surface area (Å²) in [5.74, 6) is 0.542. The Hall–Kier alpha value is -1.20. The Balaban J connectivity index is 2.65. The SMILES string of the molecule is CC(C)c1ncc(Cl)c(C(=O)NCCC(O)C(C)C)n1. The summed E-state index contributed by atoms with van der Waals surface area (Å²) < 4.78 is 0. The van der Waals surface area contributed by atoms with Crippen LogP contribution in [-0.2, 0) is 0 Å². The molecule has 0 radical (unpaired) electrons. The second-order valence-corrected chi connectivity index (χ2v) is 5.84. The van der Waals surface area contributed by atoms with Crippen LogP contribution in [0.15, 0.2) is 6.20 Å². The first-order valence-electron chi connectivity index (χ1n) is 6.81. The van der Waals surface area contributed by atoms with Crippen molar-refractivity contribution in [1.29, 1.82) is 0 Å². The normalized spacial score (nSPS) is 12.8. The van der Waals surface area contributed by atoms with Crippen LogP contribution in [0.3, 0.4) is 0 Å². The van der Waals surface area contributed by atoms with Crippen LogP contribution in [0.25, 0.3) is 0 Å². The monoisotopic (exact) mass is 299 g/mol. The van der Waals surface area contributed by atoms with E-state index in [9.17, 15) is 9.90 Å². The number of nitrogens with one attached hydrogen (secondary N) is 1. The number of carbonyl (C=O) groups is 1. The highest BCUT2D eigenvalue weighted by Gasteiger charge is 2.16. The van der Waals surface area contributed by atoms with Crippen molar-refractivity contribution in [3.05, 3.63) is 22.7 Å². The average molecular weight is 300 g/mol. The Bertz CT molecular complexity index is 464. The molecule has 0 spiro atoms. The van der Waals surface area contributed by atoms with Crippen molar-refractivity contribution in [3.8, 4) is 0 Å². The summed E-state index contributed by atoms with van der Waals surface area (Å²) >= 11 is 5.95. The molecule has 1 heterocycles. The molecule has 0 aromatic carbocycles. The first kappa shape index (κ1) is 16.9. The second kappa shape index (κ2) is 7.55. The van der Waals surface area contributed by atoms with Crippen molar-refractivity contribution in [1.82, 2.24) is 15.3 Å². The van der Waals surface area contributed by atoms with E-state index in [-0.39, 0.29) is 28.5 Å². The number of aliphatic hydroxyl groups is 1. The maximum Gasteiger partial charge on any atom is 0.271 e. The van der Waals surface area contributed by atoms with E-state index in [1.807, 2.05) is 27.7 Å². The Morgan fingerprint density at radius 3 is 2.60 bits per heavy atom. The molecule has 0 bridgehead atoms. The highest BCUT2D eigenvalue weighted by atomic mass is 35.5. The third kappa shape index (κ3) is 4.72. The molecule has 1 rings (SSSR count). The average Bonchev–Trinajstić information content (AvgIpc) is 2.38. The van der Waals surface area contributed by atoms with Crippen LogP contribution in [0.4, 0.5) is 0 Å². The van der Waals surface area contributed by atoms with E-state index in [2.05, 4.69) is 15.3 Å². The third-order valence-electron chi connectivity index (χ3n) is 2.99. The number of hydrogen-bond acceptors (Lipinski definition) is 4. The van der Waals surface area contributed by atoms with E-state index in [0.717, 1.165) is 0 Å². The Labute approximate surface area is 124 Å². The molecule has 112 valence electrons. The van der Waals surface area contributed by atoms with Gasteiger partial charge in [0, 0.05) is 12.5 Å². The van der Waals surface area contributed by atoms with E-state index in [1.165, 1.54) is 6.20 Å². The van der Waals surface area contributed by atoms with Gasteiger partial charge in [-0.3, -0.25) is 4.79 Å². The van der Waals surface area contributed by atoms with Gasteiger partial charge < -0.3 is 10.4 Å². The van der Waals surface area contributed by atoms with Crippen LogP contribution in [-0.4, -0.2) is 33.6 Å². The predicted molar refractivity (Wildman–Crippen MR) is 78.9 cm³/mol. The van der Waals surface area contributed by atoms with Crippen molar-refractivity contribution < 1.29 is 9.90 Å². The lowest BCUT2D eigenvalue weighted by molar-refractivity contribution is 0.0915. The molecule has 1 amide bonds. The molecule has 5 nitrogen and oxygen atoms in total. The van der Waals surface area contributed by atoms with Crippen LogP contribution < -0.4 is 5.32 Å². The summed E-state index contributed by atoms with van der Waals surface area (Å²) in [6.07, 6.45) is 1.52. The number of nitrogens with zero attached hydrogens (tertiary/aromatic N) is 2. The van der Waals surface area contributed by atoms with Crippen molar-refractivity contribution in [2.24, 2.45) is 5.92 Å². The molecule has 20 heavy (non-hydrogen) atoms. The van der Waals surface area contributed by atoms with Gasteiger partial charge in [-0.2, -0.15) is 0 Å². The molecule has 6 heteroatoms. The molecule has 0 aliphatic carbocycles. The van der Waals surface area contributed by atoms with Crippen LogP contribution in [0.5, 0.6) is 0 Å². The highest BCUT2D eigenvalue weighted by Crippen LogP contribution is 2.16. The maximum absolute atomic E-state index is 12.0. The molecule has 1 aromatic heterocycles. The molecule has 1 aromatic rings. The standard InChI is InChI=1S/C14H22ClN3O2/c1-8(2)11(19)5-6-16-14(20)12-10(15)7-17-13(18-12)9(3)4/h7-9,11,19H,5-6H2,1-4H3,(H,16,20). The van der Waals surface area contributed by atoms with Crippen LogP contribution >= 0.6 is 11.6 Å². The molecular formula is C14H22ClN3O2. The summed E-state index contributed by atoms with van der Waals surface area (Å²) in [6.45, 7) is 8.15. The minimum Gasteiger partial charge on any atom is -0.393 e. The Morgan fingerprint density at radius 2 is 2.05 bits per heavy atom. The number of halogens is 1. The maximum atomic E-state index is 12.0. The zero-order chi connectivity index (χ0) is 15.3. The lowest BCUT2D eigenvalue weighted by Gasteiger charge is -2.14. The number of amides is 1. The lowest BCUT2D eigenvalue weighted by atomic mass is 10.0. The largest absolute Gasteiger partial charge is 0.393 e. The first-order chi connectivity index (χ1) is 9.32. The van der Waals surface area contributed by atoms with Gasteiger partial charge >= 0.3 is 0 Å². The summed E-state index contributed by atoms with van der Waals surface area (Å²) in [5.41, 5.74) is 0.185. The molecule has 1 atom stereocenters. The smallest absolute Gasteiger partial charge is 0.271 e. The summed E-state index contributed by atoms with van der Waals surface area (Å²) in [6, 6.07) is 0. The Morgan fingerprint density at radius 1 is 1.40 bits per heavy atom. The molecule has 0 saturated carbocycles. The summed E-state index contributed by atoms with van der Waals surface area (Å²) in [5, 5.41) is 12.6. The van der Waals surface area contributed by atoms with E-state index >= 15 is 0 Å². The number of aromatic nitrogens is 2. The molecule has 0 saturated heterocycles. The minimum absolute atomic E-state index is 0.126. The molecule has 0 fully saturated rings. The van der Waals surface area contributed by atoms with Gasteiger partial charge in [0.25, 0.3) is 5.91 Å². The summed E-state index contributed by atoms with van der Waals surface area (Å²) in [7, 11) is 0. The molecule has 1 unspecified atom stereocenters. The highest BCUT2D eigenvalue weighted by molar-refractivity contribution is 6.33. The minimum atomic E-state index is -0.428. The van der Waals surface area contributed by atoms with Crippen LogP contribution in [0.2, 0.25) is 5.02 Å². The topological polar surface area (TPSA) is 75.1 Å². The molecule has 0 aliphatic heterocycles. The number of aliphatic hydroxyl groups excluding tert-OH is 1. The number of carbonyl (C=O) groups excluding carboxylic acids is 1. The van der Waals surface area contributed by atoms with Crippen LogP contribution in [0.1, 0.15) is 56.3 Å². The number of hydrogen-bond donors (Lipinski definition) is 2. The van der Waals surface area contributed by atoms with Gasteiger partial charge in [0.15, 0.2) is 0 Å². The van der Waals surface area contributed by atoms with E-state index in [4.69, 9.17) is 11.6 Å². The molecule has 0 aliphatic rings. The van der Waals surface area contributed by atoms with Crippen molar-refractivity contribution in [2.45, 2.75) is 46.1 Å². The lowest BCUT2D eigenvalue weighted by Crippen LogP contribution is -2.29. The van der Waals surface area contributed by atoms with Crippen molar-refractivity contribution in [3.63, 3.8) is 0 Å². The molecule has 2 N–H and O–H groups in total. The van der Waals surface area contributed by atoms with Crippen LogP contribution in [0, 0.1) is 5.92 Å². The van der Waals surface area contributed by atoms with Crippen molar-refractivity contribution in [2.75, 3.05) is 6.54 Å². The number of rotatable bonds is 6. The third-order valence-corrected chi connectivity index (χ3v) is 3.27. The zero-order valence-corrected chi connectivity index (χ0v) is 13.1. The van der Waals surface area contributed by atoms with Gasteiger partial charge in [-0.05, 0) is 12.3 Å². The summed E-state index contributed by atoms with van der Waals surface area (Å²) in [4.78, 5) is 20.3. The van der Waals surface area contributed by atoms with Gasteiger partial charge in [-0.1, -0.05) is 39.3 Å². The van der Waals surface area contributed by atoms with Gasteiger partial charge in [-0.25, -0.2) is 9.97 Å². The van der Waals surface area contributed by atoms with Gasteiger partial charge in [0.05, 0.1) is 17.3 Å². The fraction of sp³-hybridized carbons (Fsp3) is 0.643. The molecular weight excluding hydrogens is 278 g/mol.